The predicted molar refractivity (Wildman–Crippen MR) is 119 cm³/mol. The van der Waals surface area contributed by atoms with Gasteiger partial charge >= 0.3 is 0 Å². The third kappa shape index (κ3) is 3.61. The number of carbonyl (C=O) groups is 1. The fourth-order valence-electron chi connectivity index (χ4n) is 4.48. The third-order valence-corrected chi connectivity index (χ3v) is 6.92. The third-order valence-electron chi connectivity index (χ3n) is 6.38. The highest BCUT2D eigenvalue weighted by Gasteiger charge is 2.32. The first-order chi connectivity index (χ1) is 15.3. The first-order valence-corrected chi connectivity index (χ1v) is 11.2. The quantitative estimate of drug-likeness (QED) is 0.599. The Labute approximate surface area is 190 Å². The Bertz CT molecular complexity index is 1220. The van der Waals surface area contributed by atoms with Crippen LogP contribution in [0.2, 0.25) is 5.02 Å². The van der Waals surface area contributed by atoms with Gasteiger partial charge in [-0.1, -0.05) is 11.6 Å². The molecule has 1 aromatic carbocycles. The Morgan fingerprint density at radius 1 is 1.22 bits per heavy atom. The second-order valence-corrected chi connectivity index (χ2v) is 9.06. The summed E-state index contributed by atoms with van der Waals surface area (Å²) in [5, 5.41) is 5.23. The van der Waals surface area contributed by atoms with Crippen molar-refractivity contribution in [3.63, 3.8) is 0 Å². The van der Waals surface area contributed by atoms with Gasteiger partial charge in [0, 0.05) is 24.7 Å². The van der Waals surface area contributed by atoms with Gasteiger partial charge in [0.15, 0.2) is 5.65 Å². The fraction of sp³-hybridized carbons (Fsp3) is 0.435. The molecular formula is C23H25ClFN5O2. The summed E-state index contributed by atoms with van der Waals surface area (Å²) in [6.07, 6.45) is 1.67. The lowest BCUT2D eigenvalue weighted by atomic mass is 10.1. The van der Waals surface area contributed by atoms with Crippen molar-refractivity contribution in [1.82, 2.24) is 24.4 Å². The summed E-state index contributed by atoms with van der Waals surface area (Å²) in [6, 6.07) is 4.13. The molecule has 0 saturated carbocycles. The van der Waals surface area contributed by atoms with Gasteiger partial charge in [0.2, 0.25) is 0 Å². The van der Waals surface area contributed by atoms with Crippen molar-refractivity contribution < 1.29 is 13.9 Å². The molecule has 0 radical (unpaired) electrons. The van der Waals surface area contributed by atoms with Crippen LogP contribution in [-0.4, -0.2) is 56.5 Å². The average molecular weight is 458 g/mol. The summed E-state index contributed by atoms with van der Waals surface area (Å²) in [5.41, 5.74) is 4.37. The molecule has 5 rings (SSSR count). The van der Waals surface area contributed by atoms with Crippen LogP contribution in [0, 0.1) is 19.7 Å². The number of benzene rings is 1. The van der Waals surface area contributed by atoms with Crippen LogP contribution < -0.4 is 4.74 Å². The second-order valence-electron chi connectivity index (χ2n) is 8.68. The van der Waals surface area contributed by atoms with Crippen molar-refractivity contribution in [2.75, 3.05) is 20.1 Å². The van der Waals surface area contributed by atoms with Crippen LogP contribution in [0.3, 0.4) is 0 Å². The average Bonchev–Trinajstić information content (AvgIpc) is 3.33. The molecule has 0 N–H and O–H groups in total. The smallest absolute Gasteiger partial charge is 0.258 e. The molecular weight excluding hydrogens is 433 g/mol. The number of rotatable bonds is 3. The number of hydrogen-bond donors (Lipinski definition) is 0. The molecule has 1 saturated heterocycles. The number of aryl methyl sites for hydroxylation is 2. The maximum Gasteiger partial charge on any atom is 0.258 e. The Morgan fingerprint density at radius 2 is 1.97 bits per heavy atom. The molecule has 3 aromatic rings. The lowest BCUT2D eigenvalue weighted by Crippen LogP contribution is -2.36. The van der Waals surface area contributed by atoms with E-state index >= 15 is 0 Å². The van der Waals surface area contributed by atoms with Crippen molar-refractivity contribution in [2.24, 2.45) is 0 Å². The second kappa shape index (κ2) is 8.01. The maximum atomic E-state index is 14.0. The van der Waals surface area contributed by atoms with E-state index in [1.54, 1.807) is 9.42 Å². The fourth-order valence-corrected chi connectivity index (χ4v) is 4.60. The number of amides is 1. The molecule has 7 nitrogen and oxygen atoms in total. The van der Waals surface area contributed by atoms with Crippen LogP contribution in [0.5, 0.6) is 5.75 Å². The summed E-state index contributed by atoms with van der Waals surface area (Å²) in [7, 11) is 2.07. The van der Waals surface area contributed by atoms with Crippen molar-refractivity contribution in [2.45, 2.75) is 45.9 Å². The van der Waals surface area contributed by atoms with E-state index in [4.69, 9.17) is 16.3 Å². The molecule has 9 heteroatoms. The summed E-state index contributed by atoms with van der Waals surface area (Å²) < 4.78 is 21.9. The van der Waals surface area contributed by atoms with Gasteiger partial charge < -0.3 is 14.5 Å². The van der Waals surface area contributed by atoms with Crippen LogP contribution in [0.4, 0.5) is 4.39 Å². The standard InChI is InChI=1S/C23H25ClFN5O2/c1-13-21(24)14(2)30-22(26-13)18-11-29(12-19(18)27-30)23(31)17-5-4-15(25)10-20(17)32-16-6-8-28(3)9-7-16/h4-5,10,16H,6-9,11-12H2,1-3H3. The van der Waals surface area contributed by atoms with Crippen LogP contribution in [0.25, 0.3) is 5.65 Å². The van der Waals surface area contributed by atoms with E-state index in [1.165, 1.54) is 18.2 Å². The minimum Gasteiger partial charge on any atom is -0.489 e. The summed E-state index contributed by atoms with van der Waals surface area (Å²) in [5.74, 6) is -0.315. The van der Waals surface area contributed by atoms with E-state index in [0.29, 0.717) is 29.4 Å². The van der Waals surface area contributed by atoms with Crippen LogP contribution in [0.15, 0.2) is 18.2 Å². The molecule has 2 aliphatic rings. The van der Waals surface area contributed by atoms with Crippen LogP contribution in [-0.2, 0) is 13.1 Å². The van der Waals surface area contributed by atoms with Gasteiger partial charge in [-0.05, 0) is 45.9 Å². The van der Waals surface area contributed by atoms with Crippen LogP contribution >= 0.6 is 11.6 Å². The summed E-state index contributed by atoms with van der Waals surface area (Å²) >= 11 is 6.32. The zero-order chi connectivity index (χ0) is 22.6. The minimum absolute atomic E-state index is 0.0283. The zero-order valence-corrected chi connectivity index (χ0v) is 19.1. The van der Waals surface area contributed by atoms with Crippen molar-refractivity contribution in [3.05, 3.63) is 57.2 Å². The van der Waals surface area contributed by atoms with Gasteiger partial charge in [0.1, 0.15) is 17.7 Å². The topological polar surface area (TPSA) is 63.0 Å². The number of nitrogens with zero attached hydrogens (tertiary/aromatic N) is 5. The van der Waals surface area contributed by atoms with Gasteiger partial charge in [0.25, 0.3) is 5.91 Å². The zero-order valence-electron chi connectivity index (χ0n) is 18.4. The molecule has 168 valence electrons. The maximum absolute atomic E-state index is 14.0. The Morgan fingerprint density at radius 3 is 2.72 bits per heavy atom. The summed E-state index contributed by atoms with van der Waals surface area (Å²) in [4.78, 5) is 21.9. The van der Waals surface area contributed by atoms with Gasteiger partial charge in [0.05, 0.1) is 40.8 Å². The molecule has 0 spiro atoms. The number of likely N-dealkylation sites (tertiary alicyclic amines) is 1. The van der Waals surface area contributed by atoms with Crippen molar-refractivity contribution in [3.8, 4) is 5.75 Å². The first kappa shape index (κ1) is 21.2. The molecule has 2 aromatic heterocycles. The highest BCUT2D eigenvalue weighted by atomic mass is 35.5. The van der Waals surface area contributed by atoms with Gasteiger partial charge in [-0.15, -0.1) is 0 Å². The lowest BCUT2D eigenvalue weighted by molar-refractivity contribution is 0.0732. The van der Waals surface area contributed by atoms with Crippen LogP contribution in [0.1, 0.15) is 45.8 Å². The van der Waals surface area contributed by atoms with E-state index in [0.717, 1.165) is 54.2 Å². The van der Waals surface area contributed by atoms with Gasteiger partial charge in [-0.2, -0.15) is 5.10 Å². The molecule has 0 unspecified atom stereocenters. The number of fused-ring (bicyclic) bond motifs is 3. The Balaban J connectivity index is 1.41. The summed E-state index contributed by atoms with van der Waals surface area (Å²) in [6.45, 7) is 6.34. The largest absolute Gasteiger partial charge is 0.489 e. The van der Waals surface area contributed by atoms with Crippen molar-refractivity contribution in [1.29, 1.82) is 0 Å². The van der Waals surface area contributed by atoms with E-state index in [-0.39, 0.29) is 12.0 Å². The van der Waals surface area contributed by atoms with E-state index < -0.39 is 5.82 Å². The molecule has 1 amide bonds. The van der Waals surface area contributed by atoms with E-state index in [2.05, 4.69) is 22.0 Å². The number of ether oxygens (including phenoxy) is 1. The molecule has 0 bridgehead atoms. The predicted octanol–water partition coefficient (Wildman–Crippen LogP) is 3.77. The number of carbonyl (C=O) groups excluding carboxylic acids is 1. The highest BCUT2D eigenvalue weighted by Crippen LogP contribution is 2.32. The molecule has 0 aliphatic carbocycles. The molecule has 2 aliphatic heterocycles. The van der Waals surface area contributed by atoms with E-state index in [1.807, 2.05) is 13.8 Å². The molecule has 32 heavy (non-hydrogen) atoms. The normalized spacial score (nSPS) is 17.2. The van der Waals surface area contributed by atoms with E-state index in [9.17, 15) is 9.18 Å². The number of hydrogen-bond acceptors (Lipinski definition) is 5. The Kier molecular flexibility index (Phi) is 5.29. The Hall–Kier alpha value is -2.71. The lowest BCUT2D eigenvalue weighted by Gasteiger charge is -2.30. The monoisotopic (exact) mass is 457 g/mol. The first-order valence-electron chi connectivity index (χ1n) is 10.8. The number of halogens is 2. The van der Waals surface area contributed by atoms with Gasteiger partial charge in [-0.3, -0.25) is 4.79 Å². The molecule has 0 atom stereocenters. The molecule has 1 fully saturated rings. The minimum atomic E-state index is -0.418. The highest BCUT2D eigenvalue weighted by molar-refractivity contribution is 6.31. The van der Waals surface area contributed by atoms with Crippen molar-refractivity contribution >= 4 is 23.2 Å². The molecule has 4 heterocycles. The number of aromatic nitrogens is 3. The van der Waals surface area contributed by atoms with Gasteiger partial charge in [-0.25, -0.2) is 13.9 Å². The number of piperidine rings is 1. The SMILES string of the molecule is Cc1nc2c3c(nn2c(C)c1Cl)CN(C(=O)c1ccc(F)cc1OC1CCN(C)CC1)C3.